The van der Waals surface area contributed by atoms with Gasteiger partial charge in [-0.25, -0.2) is 0 Å². The zero-order valence-electron chi connectivity index (χ0n) is 26.7. The quantitative estimate of drug-likeness (QED) is 0.154. The molecule has 6 rings (SSSR count). The number of pyridine rings is 1. The Labute approximate surface area is 260 Å². The number of aliphatic hydroxyl groups excluding tert-OH is 1. The maximum absolute atomic E-state index is 10.2. The molecule has 1 spiro atoms. The van der Waals surface area contributed by atoms with Gasteiger partial charge in [-0.1, -0.05) is 95.8 Å². The van der Waals surface area contributed by atoms with Gasteiger partial charge < -0.3 is 10.4 Å². The van der Waals surface area contributed by atoms with Crippen LogP contribution in [0.3, 0.4) is 0 Å². The third kappa shape index (κ3) is 5.50. The fraction of sp³-hybridized carbons (Fsp3) is 0.474. The van der Waals surface area contributed by atoms with Gasteiger partial charge in [0.05, 0.1) is 14.0 Å². The Balaban J connectivity index is 1.51. The topological polar surface area (TPSA) is 48.5 Å². The lowest BCUT2D eigenvalue weighted by Crippen LogP contribution is -2.54. The van der Waals surface area contributed by atoms with Crippen molar-refractivity contribution in [3.05, 3.63) is 97.2 Å². The van der Waals surface area contributed by atoms with E-state index >= 15 is 0 Å². The summed E-state index contributed by atoms with van der Waals surface area (Å²) in [7, 11) is -1.64. The van der Waals surface area contributed by atoms with Crippen molar-refractivity contribution in [1.29, 1.82) is 0 Å². The summed E-state index contributed by atoms with van der Waals surface area (Å²) >= 11 is 0. The second kappa shape index (κ2) is 11.4. The Morgan fingerprint density at radius 1 is 1.19 bits per heavy atom. The summed E-state index contributed by atoms with van der Waals surface area (Å²) in [5, 5.41) is 15.1. The highest BCUT2D eigenvalue weighted by molar-refractivity contribution is 6.89. The molecular formula is C38H50N3OSi+. The molecule has 0 bridgehead atoms. The van der Waals surface area contributed by atoms with E-state index in [-0.39, 0.29) is 35.2 Å². The van der Waals surface area contributed by atoms with Gasteiger partial charge in [-0.2, -0.15) is 4.57 Å². The van der Waals surface area contributed by atoms with E-state index in [0.29, 0.717) is 0 Å². The van der Waals surface area contributed by atoms with Crippen LogP contribution < -0.4 is 15.1 Å². The van der Waals surface area contributed by atoms with Crippen molar-refractivity contribution < 1.29 is 9.67 Å². The van der Waals surface area contributed by atoms with Gasteiger partial charge in [-0.05, 0) is 60.9 Å². The summed E-state index contributed by atoms with van der Waals surface area (Å²) in [6, 6.07) is 11.7. The zero-order valence-corrected chi connectivity index (χ0v) is 27.7. The first kappa shape index (κ1) is 29.9. The van der Waals surface area contributed by atoms with Crippen LogP contribution in [-0.2, 0) is 6.42 Å². The molecule has 2 N–H and O–H groups in total. The van der Waals surface area contributed by atoms with E-state index in [0.717, 1.165) is 36.6 Å². The molecule has 0 radical (unpaired) electrons. The average molecular weight is 593 g/mol. The molecule has 1 fully saturated rings. The Morgan fingerprint density at radius 2 is 1.93 bits per heavy atom. The number of rotatable bonds is 6. The first-order valence-electron chi connectivity index (χ1n) is 16.4. The minimum absolute atomic E-state index is 0.0268. The standard InChI is InChI=1S/C38H49N3OSi/c1-8-30-23-38(19-17-25(2)37(38)40-27(4)42)20-18-33-31-15-11-12-16-32(31)34-22-29(21-28-13-9-10-14-28)35(43(5,6)7)24-41(34)36(33)26(3)39-30/h8,11-12,15-17,19,22,24-25,28,33,36-37,40H,1,3-4,9-10,13-14,18,20-21,23H2,2,5-7H3/p+1/b39-30-. The SMILES string of the molecule is C=C/C1=N/C(=C)C2C(CCC3(C=CC(C)C3NC(=C)O)C1)c1ccccc1-c1cc(CC3CCCC3)c([Si](C)(C)C)c[n+]12. The van der Waals surface area contributed by atoms with E-state index in [4.69, 9.17) is 4.99 Å². The summed E-state index contributed by atoms with van der Waals surface area (Å²) in [6.45, 7) is 22.3. The molecule has 43 heavy (non-hydrogen) atoms. The Morgan fingerprint density at radius 3 is 2.63 bits per heavy atom. The lowest BCUT2D eigenvalue weighted by atomic mass is 9.70. The number of benzene rings is 1. The third-order valence-electron chi connectivity index (χ3n) is 10.8. The van der Waals surface area contributed by atoms with E-state index in [1.165, 1.54) is 48.9 Å². The molecule has 3 heterocycles. The maximum Gasteiger partial charge on any atom is 0.213 e. The number of aliphatic hydroxyl groups is 1. The normalized spacial score (nSPS) is 30.0. The van der Waals surface area contributed by atoms with Crippen LogP contribution in [0.4, 0.5) is 0 Å². The molecule has 4 nitrogen and oxygen atoms in total. The lowest BCUT2D eigenvalue weighted by Gasteiger charge is -2.39. The van der Waals surface area contributed by atoms with Crippen molar-refractivity contribution in [3.8, 4) is 11.3 Å². The minimum atomic E-state index is -1.64. The van der Waals surface area contributed by atoms with Crippen LogP contribution in [0.1, 0.15) is 75.0 Å². The van der Waals surface area contributed by atoms with Crippen molar-refractivity contribution >= 4 is 19.0 Å². The highest BCUT2D eigenvalue weighted by Crippen LogP contribution is 2.50. The summed E-state index contributed by atoms with van der Waals surface area (Å²) in [6.07, 6.45) is 18.5. The molecule has 0 saturated heterocycles. The van der Waals surface area contributed by atoms with Crippen LogP contribution in [-0.4, -0.2) is 24.9 Å². The number of hydrogen-bond acceptors (Lipinski definition) is 3. The third-order valence-corrected chi connectivity index (χ3v) is 12.9. The molecule has 0 amide bonds. The number of fused-ring (bicyclic) bond motifs is 6. The van der Waals surface area contributed by atoms with E-state index in [1.54, 1.807) is 10.8 Å². The predicted molar refractivity (Wildman–Crippen MR) is 183 cm³/mol. The molecule has 1 aromatic carbocycles. The molecule has 2 aromatic rings. The van der Waals surface area contributed by atoms with Crippen LogP contribution in [0.5, 0.6) is 0 Å². The fourth-order valence-electron chi connectivity index (χ4n) is 8.75. The van der Waals surface area contributed by atoms with Gasteiger partial charge in [0.1, 0.15) is 5.70 Å². The molecule has 5 unspecified atom stereocenters. The van der Waals surface area contributed by atoms with Crippen LogP contribution in [0.2, 0.25) is 19.6 Å². The Bertz CT molecular complexity index is 1510. The van der Waals surface area contributed by atoms with Crippen molar-refractivity contribution in [1.82, 2.24) is 5.32 Å². The number of hydrogen-bond donors (Lipinski definition) is 2. The molecule has 4 aliphatic rings. The van der Waals surface area contributed by atoms with Crippen LogP contribution >= 0.6 is 0 Å². The van der Waals surface area contributed by atoms with Crippen molar-refractivity contribution in [2.45, 2.75) is 95.9 Å². The monoisotopic (exact) mass is 592 g/mol. The number of nitrogens with one attached hydrogen (secondary N) is 1. The van der Waals surface area contributed by atoms with Gasteiger partial charge in [0, 0.05) is 40.4 Å². The first-order chi connectivity index (χ1) is 20.5. The lowest BCUT2D eigenvalue weighted by molar-refractivity contribution is -0.708. The van der Waals surface area contributed by atoms with Gasteiger partial charge in [-0.3, -0.25) is 4.99 Å². The molecular weight excluding hydrogens is 543 g/mol. The number of nitrogens with zero attached hydrogens (tertiary/aromatic N) is 2. The molecule has 2 aliphatic heterocycles. The molecule has 1 aromatic heterocycles. The van der Waals surface area contributed by atoms with Crippen LogP contribution in [0.25, 0.3) is 11.3 Å². The van der Waals surface area contributed by atoms with Crippen LogP contribution in [0, 0.1) is 17.3 Å². The van der Waals surface area contributed by atoms with Crippen LogP contribution in [0.15, 0.2) is 91.1 Å². The summed E-state index contributed by atoms with van der Waals surface area (Å²) in [4.78, 5) is 5.27. The van der Waals surface area contributed by atoms with Crippen molar-refractivity contribution in [3.63, 3.8) is 0 Å². The highest BCUT2D eigenvalue weighted by Gasteiger charge is 2.49. The summed E-state index contributed by atoms with van der Waals surface area (Å²) in [5.41, 5.74) is 7.29. The predicted octanol–water partition coefficient (Wildman–Crippen LogP) is 8.06. The molecule has 2 aliphatic carbocycles. The highest BCUT2D eigenvalue weighted by atomic mass is 28.3. The van der Waals surface area contributed by atoms with Crippen molar-refractivity contribution in [2.24, 2.45) is 22.2 Å². The average Bonchev–Trinajstić information content (AvgIpc) is 3.59. The Kier molecular flexibility index (Phi) is 7.91. The number of allylic oxidation sites excluding steroid dienone is 2. The number of aliphatic imine (C=N–C) groups is 1. The molecule has 1 saturated carbocycles. The van der Waals surface area contributed by atoms with Gasteiger partial charge in [0.15, 0.2) is 12.1 Å². The van der Waals surface area contributed by atoms with Gasteiger partial charge in [0.2, 0.25) is 11.7 Å². The first-order valence-corrected chi connectivity index (χ1v) is 19.9. The van der Waals surface area contributed by atoms with Gasteiger partial charge in [-0.15, -0.1) is 0 Å². The Hall–Kier alpha value is -3.18. The number of aromatic nitrogens is 1. The van der Waals surface area contributed by atoms with Gasteiger partial charge in [0.25, 0.3) is 0 Å². The second-order valence-electron chi connectivity index (χ2n) is 14.8. The molecule has 5 heteroatoms. The van der Waals surface area contributed by atoms with Crippen molar-refractivity contribution in [2.75, 3.05) is 0 Å². The summed E-state index contributed by atoms with van der Waals surface area (Å²) in [5.74, 6) is 1.34. The maximum atomic E-state index is 10.2. The van der Waals surface area contributed by atoms with E-state index < -0.39 is 8.07 Å². The summed E-state index contributed by atoms with van der Waals surface area (Å²) < 4.78 is 2.56. The molecule has 5 atom stereocenters. The smallest absolute Gasteiger partial charge is 0.213 e. The zero-order chi connectivity index (χ0) is 30.5. The van der Waals surface area contributed by atoms with E-state index in [2.05, 4.69) is 105 Å². The van der Waals surface area contributed by atoms with E-state index in [9.17, 15) is 5.11 Å². The molecule has 226 valence electrons. The minimum Gasteiger partial charge on any atom is -0.495 e. The van der Waals surface area contributed by atoms with Gasteiger partial charge >= 0.3 is 0 Å². The fourth-order valence-corrected chi connectivity index (χ4v) is 10.4. The second-order valence-corrected chi connectivity index (χ2v) is 19.8. The van der Waals surface area contributed by atoms with E-state index in [1.807, 2.05) is 6.08 Å². The largest absolute Gasteiger partial charge is 0.495 e.